The Kier molecular flexibility index (Phi) is 4.48. The highest BCUT2D eigenvalue weighted by atomic mass is 35.5. The molecule has 1 amide bonds. The number of benzene rings is 1. The zero-order valence-corrected chi connectivity index (χ0v) is 11.4. The Morgan fingerprint density at radius 1 is 1.50 bits per heavy atom. The van der Waals surface area contributed by atoms with E-state index in [0.29, 0.717) is 6.54 Å². The lowest BCUT2D eigenvalue weighted by Gasteiger charge is -2.19. The van der Waals surface area contributed by atoms with Gasteiger partial charge in [-0.3, -0.25) is 4.79 Å². The molecule has 0 saturated heterocycles. The minimum Gasteiger partial charge on any atom is -0.371 e. The highest BCUT2D eigenvalue weighted by molar-refractivity contribution is 6.30. The van der Waals surface area contributed by atoms with E-state index in [0.717, 1.165) is 25.9 Å². The van der Waals surface area contributed by atoms with Crippen LogP contribution in [0.25, 0.3) is 0 Å². The number of carbonyl (C=O) groups excluding carboxylic acids is 1. The molecule has 1 aliphatic heterocycles. The third kappa shape index (κ3) is 3.16. The molecule has 1 N–H and O–H groups in total. The average Bonchev–Trinajstić information content (AvgIpc) is 2.77. The molecule has 0 aromatic heterocycles. The van der Waals surface area contributed by atoms with Gasteiger partial charge in [0.1, 0.15) is 5.38 Å². The maximum atomic E-state index is 11.3. The third-order valence-corrected chi connectivity index (χ3v) is 3.45. The zero-order chi connectivity index (χ0) is 13.0. The lowest BCUT2D eigenvalue weighted by Crippen LogP contribution is -2.32. The quantitative estimate of drug-likeness (QED) is 0.655. The molecule has 1 aliphatic rings. The molecule has 0 bridgehead atoms. The molecule has 3 nitrogen and oxygen atoms in total. The van der Waals surface area contributed by atoms with Crippen molar-refractivity contribution < 1.29 is 4.79 Å². The molecule has 1 unspecified atom stereocenters. The summed E-state index contributed by atoms with van der Waals surface area (Å²) in [4.78, 5) is 13.7. The number of halogens is 1. The largest absolute Gasteiger partial charge is 0.371 e. The number of nitrogens with zero attached hydrogens (tertiary/aromatic N) is 1. The molecule has 0 saturated carbocycles. The fraction of sp³-hybridized carbons (Fsp3) is 0.500. The fourth-order valence-corrected chi connectivity index (χ4v) is 2.34. The first kappa shape index (κ1) is 13.2. The second kappa shape index (κ2) is 6.10. The van der Waals surface area contributed by atoms with Crippen molar-refractivity contribution in [3.8, 4) is 0 Å². The summed E-state index contributed by atoms with van der Waals surface area (Å²) in [6, 6.07) is 8.52. The highest BCUT2D eigenvalue weighted by Gasteiger charge is 2.17. The smallest absolute Gasteiger partial charge is 0.237 e. The van der Waals surface area contributed by atoms with Crippen LogP contribution in [0.15, 0.2) is 24.3 Å². The number of anilines is 1. The number of hydrogen-bond donors (Lipinski definition) is 1. The van der Waals surface area contributed by atoms with Crippen molar-refractivity contribution in [2.75, 3.05) is 24.5 Å². The van der Waals surface area contributed by atoms with Crippen LogP contribution in [0.3, 0.4) is 0 Å². The normalized spacial score (nSPS) is 15.3. The van der Waals surface area contributed by atoms with Crippen molar-refractivity contribution >= 4 is 23.2 Å². The topological polar surface area (TPSA) is 32.3 Å². The Hall–Kier alpha value is -1.22. The van der Waals surface area contributed by atoms with Crippen molar-refractivity contribution in [1.29, 1.82) is 0 Å². The number of nitrogens with one attached hydrogen (secondary N) is 1. The number of hydrogen-bond acceptors (Lipinski definition) is 2. The Bertz CT molecular complexity index is 420. The van der Waals surface area contributed by atoms with E-state index in [1.165, 1.54) is 11.3 Å². The summed E-state index contributed by atoms with van der Waals surface area (Å²) >= 11 is 5.68. The molecule has 2 rings (SSSR count). The summed E-state index contributed by atoms with van der Waals surface area (Å²) in [6.45, 7) is 4.44. The summed E-state index contributed by atoms with van der Waals surface area (Å²) < 4.78 is 0. The van der Waals surface area contributed by atoms with E-state index in [1.54, 1.807) is 6.92 Å². The third-order valence-electron chi connectivity index (χ3n) is 3.25. The summed E-state index contributed by atoms with van der Waals surface area (Å²) in [7, 11) is 0. The first-order valence-electron chi connectivity index (χ1n) is 6.43. The van der Waals surface area contributed by atoms with Crippen LogP contribution in [0, 0.1) is 0 Å². The fourth-order valence-electron chi connectivity index (χ4n) is 2.26. The minimum absolute atomic E-state index is 0.0847. The second-order valence-corrected chi connectivity index (χ2v) is 5.28. The molecule has 0 radical (unpaired) electrons. The first-order chi connectivity index (χ1) is 8.68. The Morgan fingerprint density at radius 3 is 3.06 bits per heavy atom. The number of alkyl halides is 1. The summed E-state index contributed by atoms with van der Waals surface area (Å²) in [6.07, 6.45) is 2.07. The van der Waals surface area contributed by atoms with Gasteiger partial charge in [0.25, 0.3) is 0 Å². The van der Waals surface area contributed by atoms with E-state index in [1.807, 2.05) is 0 Å². The monoisotopic (exact) mass is 266 g/mol. The van der Waals surface area contributed by atoms with Crippen molar-refractivity contribution in [1.82, 2.24) is 5.32 Å². The van der Waals surface area contributed by atoms with Crippen LogP contribution in [0.2, 0.25) is 0 Å². The summed E-state index contributed by atoms with van der Waals surface area (Å²) in [5, 5.41) is 2.39. The van der Waals surface area contributed by atoms with Crippen LogP contribution in [0.1, 0.15) is 18.9 Å². The van der Waals surface area contributed by atoms with E-state index in [9.17, 15) is 4.79 Å². The molecule has 98 valence electrons. The van der Waals surface area contributed by atoms with Gasteiger partial charge in [0, 0.05) is 25.3 Å². The first-order valence-corrected chi connectivity index (χ1v) is 6.87. The van der Waals surface area contributed by atoms with Gasteiger partial charge in [-0.2, -0.15) is 0 Å². The van der Waals surface area contributed by atoms with Gasteiger partial charge < -0.3 is 10.2 Å². The van der Waals surface area contributed by atoms with Gasteiger partial charge in [0.15, 0.2) is 0 Å². The van der Waals surface area contributed by atoms with Crippen molar-refractivity contribution in [3.05, 3.63) is 29.8 Å². The number of amides is 1. The van der Waals surface area contributed by atoms with Crippen LogP contribution < -0.4 is 10.2 Å². The predicted molar refractivity (Wildman–Crippen MR) is 75.3 cm³/mol. The molecule has 0 aliphatic carbocycles. The number of rotatable bonds is 5. The molecule has 0 fully saturated rings. The standard InChI is InChI=1S/C14H19ClN2O/c1-11(15)14(18)16-8-4-9-17-10-7-12-5-2-3-6-13(12)17/h2-3,5-6,11H,4,7-10H2,1H3,(H,16,18). The Morgan fingerprint density at radius 2 is 2.28 bits per heavy atom. The molecule has 0 spiro atoms. The molecule has 1 heterocycles. The van der Waals surface area contributed by atoms with E-state index >= 15 is 0 Å². The lowest BCUT2D eigenvalue weighted by atomic mass is 10.2. The van der Waals surface area contributed by atoms with Gasteiger partial charge in [-0.05, 0) is 31.4 Å². The van der Waals surface area contributed by atoms with Gasteiger partial charge in [-0.25, -0.2) is 0 Å². The van der Waals surface area contributed by atoms with Crippen LogP contribution in [-0.2, 0) is 11.2 Å². The van der Waals surface area contributed by atoms with Crippen molar-refractivity contribution in [3.63, 3.8) is 0 Å². The molecule has 18 heavy (non-hydrogen) atoms. The van der Waals surface area contributed by atoms with Gasteiger partial charge in [-0.15, -0.1) is 11.6 Å². The minimum atomic E-state index is -0.447. The lowest BCUT2D eigenvalue weighted by molar-refractivity contribution is -0.120. The SMILES string of the molecule is CC(Cl)C(=O)NCCCN1CCc2ccccc21. The van der Waals surface area contributed by atoms with Crippen LogP contribution in [-0.4, -0.2) is 30.9 Å². The highest BCUT2D eigenvalue weighted by Crippen LogP contribution is 2.27. The molecule has 1 atom stereocenters. The van der Waals surface area contributed by atoms with E-state index in [-0.39, 0.29) is 5.91 Å². The molecular formula is C14H19ClN2O. The predicted octanol–water partition coefficient (Wildman–Crippen LogP) is 2.18. The van der Waals surface area contributed by atoms with Gasteiger partial charge in [0.2, 0.25) is 5.91 Å². The maximum absolute atomic E-state index is 11.3. The van der Waals surface area contributed by atoms with E-state index < -0.39 is 5.38 Å². The number of fused-ring (bicyclic) bond motifs is 1. The molecular weight excluding hydrogens is 248 g/mol. The Labute approximate surface area is 113 Å². The Balaban J connectivity index is 1.74. The number of para-hydroxylation sites is 1. The molecule has 1 aromatic carbocycles. The van der Waals surface area contributed by atoms with Gasteiger partial charge in [0.05, 0.1) is 0 Å². The van der Waals surface area contributed by atoms with E-state index in [4.69, 9.17) is 11.6 Å². The molecule has 4 heteroatoms. The van der Waals surface area contributed by atoms with Gasteiger partial charge in [-0.1, -0.05) is 18.2 Å². The van der Waals surface area contributed by atoms with Crippen LogP contribution in [0.5, 0.6) is 0 Å². The second-order valence-electron chi connectivity index (χ2n) is 4.63. The summed E-state index contributed by atoms with van der Waals surface area (Å²) in [5.41, 5.74) is 2.77. The zero-order valence-electron chi connectivity index (χ0n) is 10.7. The van der Waals surface area contributed by atoms with Crippen LogP contribution in [0.4, 0.5) is 5.69 Å². The van der Waals surface area contributed by atoms with Crippen molar-refractivity contribution in [2.45, 2.75) is 25.1 Å². The van der Waals surface area contributed by atoms with Crippen molar-refractivity contribution in [2.24, 2.45) is 0 Å². The van der Waals surface area contributed by atoms with Gasteiger partial charge >= 0.3 is 0 Å². The summed E-state index contributed by atoms with van der Waals surface area (Å²) in [5.74, 6) is -0.0847. The maximum Gasteiger partial charge on any atom is 0.237 e. The van der Waals surface area contributed by atoms with Crippen LogP contribution >= 0.6 is 11.6 Å². The average molecular weight is 267 g/mol. The molecule has 1 aromatic rings. The number of carbonyl (C=O) groups is 1. The van der Waals surface area contributed by atoms with E-state index in [2.05, 4.69) is 34.5 Å².